The Morgan fingerprint density at radius 3 is 2.59 bits per heavy atom. The fourth-order valence-corrected chi connectivity index (χ4v) is 4.62. The fraction of sp³-hybridized carbons (Fsp3) is 0.409. The van der Waals surface area contributed by atoms with Crippen molar-refractivity contribution in [1.29, 1.82) is 0 Å². The summed E-state index contributed by atoms with van der Waals surface area (Å²) in [6, 6.07) is 12.9. The smallest absolute Gasteiger partial charge is 0.240 e. The van der Waals surface area contributed by atoms with Gasteiger partial charge in [0.2, 0.25) is 15.9 Å². The molecule has 0 aromatic heterocycles. The van der Waals surface area contributed by atoms with E-state index < -0.39 is 10.0 Å². The zero-order valence-electron chi connectivity index (χ0n) is 17.0. The molecule has 29 heavy (non-hydrogen) atoms. The number of aryl methyl sites for hydroxylation is 1. The van der Waals surface area contributed by atoms with Gasteiger partial charge in [-0.1, -0.05) is 19.1 Å². The highest BCUT2D eigenvalue weighted by Crippen LogP contribution is 2.30. The van der Waals surface area contributed by atoms with E-state index in [0.29, 0.717) is 39.0 Å². The lowest BCUT2D eigenvalue weighted by Crippen LogP contribution is -2.28. The molecular weight excluding hydrogens is 388 g/mol. The van der Waals surface area contributed by atoms with Gasteiger partial charge < -0.3 is 9.64 Å². The van der Waals surface area contributed by atoms with Gasteiger partial charge in [-0.15, -0.1) is 0 Å². The number of amides is 1. The number of sulfonamides is 1. The third-order valence-corrected chi connectivity index (χ3v) is 6.49. The summed E-state index contributed by atoms with van der Waals surface area (Å²) in [5, 5.41) is 0. The number of carbonyl (C=O) groups excluding carboxylic acids is 1. The summed E-state index contributed by atoms with van der Waals surface area (Å²) >= 11 is 0. The standard InChI is InChI=1S/C22H28N2O4S/c1-3-22(25)24-15-13-18-16-20(11-12-21(18)24)29(26,27)23-14-5-6-17-7-9-19(10-8-17)28-4-2/h7-12,16,23H,3-6,13-15H2,1-2H3. The molecule has 0 bridgehead atoms. The number of anilines is 1. The molecule has 1 heterocycles. The third kappa shape index (κ3) is 5.16. The Morgan fingerprint density at radius 2 is 1.90 bits per heavy atom. The Labute approximate surface area is 172 Å². The van der Waals surface area contributed by atoms with Crippen LogP contribution >= 0.6 is 0 Å². The van der Waals surface area contributed by atoms with Gasteiger partial charge in [0.05, 0.1) is 11.5 Å². The van der Waals surface area contributed by atoms with Crippen LogP contribution in [0.5, 0.6) is 5.75 Å². The van der Waals surface area contributed by atoms with Gasteiger partial charge in [-0.2, -0.15) is 0 Å². The molecule has 1 aliphatic heterocycles. The van der Waals surface area contributed by atoms with Crippen LogP contribution in [0.25, 0.3) is 0 Å². The largest absolute Gasteiger partial charge is 0.494 e. The van der Waals surface area contributed by atoms with Crippen LogP contribution in [0.4, 0.5) is 5.69 Å². The van der Waals surface area contributed by atoms with Crippen LogP contribution in [-0.4, -0.2) is 34.0 Å². The molecule has 0 atom stereocenters. The molecule has 0 saturated heterocycles. The second-order valence-electron chi connectivity index (χ2n) is 7.02. The predicted octanol–water partition coefficient (Wildman–Crippen LogP) is 3.30. The van der Waals surface area contributed by atoms with E-state index in [0.717, 1.165) is 29.0 Å². The van der Waals surface area contributed by atoms with Crippen molar-refractivity contribution in [3.8, 4) is 5.75 Å². The number of hydrogen-bond donors (Lipinski definition) is 1. The monoisotopic (exact) mass is 416 g/mol. The zero-order chi connectivity index (χ0) is 20.9. The van der Waals surface area contributed by atoms with Crippen LogP contribution in [0, 0.1) is 0 Å². The molecule has 2 aromatic rings. The van der Waals surface area contributed by atoms with E-state index in [1.807, 2.05) is 38.1 Å². The highest BCUT2D eigenvalue weighted by Gasteiger charge is 2.25. The number of rotatable bonds is 9. The second-order valence-corrected chi connectivity index (χ2v) is 8.78. The van der Waals surface area contributed by atoms with Crippen LogP contribution in [0.2, 0.25) is 0 Å². The molecule has 7 heteroatoms. The summed E-state index contributed by atoms with van der Waals surface area (Å²) in [6.45, 7) is 5.39. The number of carbonyl (C=O) groups is 1. The molecule has 0 saturated carbocycles. The summed E-state index contributed by atoms with van der Waals surface area (Å²) in [5.74, 6) is 0.902. The van der Waals surface area contributed by atoms with E-state index in [4.69, 9.17) is 4.74 Å². The van der Waals surface area contributed by atoms with Crippen molar-refractivity contribution in [1.82, 2.24) is 4.72 Å². The molecule has 1 N–H and O–H groups in total. The van der Waals surface area contributed by atoms with Gasteiger partial charge in [-0.05, 0) is 67.6 Å². The van der Waals surface area contributed by atoms with Gasteiger partial charge in [0.1, 0.15) is 5.75 Å². The SMILES string of the molecule is CCOc1ccc(CCCNS(=O)(=O)c2ccc3c(c2)CCN3C(=O)CC)cc1. The Bertz CT molecular complexity index is 955. The normalized spacial score (nSPS) is 13.4. The molecule has 1 aliphatic rings. The lowest BCUT2D eigenvalue weighted by atomic mass is 10.1. The third-order valence-electron chi connectivity index (χ3n) is 5.03. The van der Waals surface area contributed by atoms with Gasteiger partial charge in [-0.25, -0.2) is 13.1 Å². The van der Waals surface area contributed by atoms with Crippen molar-refractivity contribution in [3.05, 3.63) is 53.6 Å². The lowest BCUT2D eigenvalue weighted by Gasteiger charge is -2.16. The number of nitrogens with zero attached hydrogens (tertiary/aromatic N) is 1. The molecular formula is C22H28N2O4S. The Kier molecular flexibility index (Phi) is 6.92. The van der Waals surface area contributed by atoms with Gasteiger partial charge >= 0.3 is 0 Å². The molecule has 1 amide bonds. The van der Waals surface area contributed by atoms with Gasteiger partial charge in [0, 0.05) is 25.2 Å². The summed E-state index contributed by atoms with van der Waals surface area (Å²) in [4.78, 5) is 14.0. The first kappa shape index (κ1) is 21.3. The summed E-state index contributed by atoms with van der Waals surface area (Å²) in [5.41, 5.74) is 2.88. The Morgan fingerprint density at radius 1 is 1.14 bits per heavy atom. The van der Waals surface area contributed by atoms with Crippen LogP contribution in [0.3, 0.4) is 0 Å². The molecule has 3 rings (SSSR count). The average Bonchev–Trinajstić information content (AvgIpc) is 3.15. The van der Waals surface area contributed by atoms with Gasteiger partial charge in [-0.3, -0.25) is 4.79 Å². The summed E-state index contributed by atoms with van der Waals surface area (Å²) in [6.07, 6.45) is 2.61. The van der Waals surface area contributed by atoms with Crippen LogP contribution in [0.15, 0.2) is 47.4 Å². The van der Waals surface area contributed by atoms with E-state index in [1.165, 1.54) is 0 Å². The van der Waals surface area contributed by atoms with E-state index in [-0.39, 0.29) is 10.8 Å². The number of nitrogens with one attached hydrogen (secondary N) is 1. The maximum Gasteiger partial charge on any atom is 0.240 e. The molecule has 0 unspecified atom stereocenters. The number of fused-ring (bicyclic) bond motifs is 1. The number of ether oxygens (including phenoxy) is 1. The predicted molar refractivity (Wildman–Crippen MR) is 114 cm³/mol. The van der Waals surface area contributed by atoms with Crippen molar-refractivity contribution in [3.63, 3.8) is 0 Å². The maximum atomic E-state index is 12.6. The van der Waals surface area contributed by atoms with Crippen molar-refractivity contribution in [2.45, 2.75) is 44.4 Å². The molecule has 156 valence electrons. The lowest BCUT2D eigenvalue weighted by molar-refractivity contribution is -0.118. The Balaban J connectivity index is 1.55. The quantitative estimate of drug-likeness (QED) is 0.637. The molecule has 0 spiro atoms. The highest BCUT2D eigenvalue weighted by atomic mass is 32.2. The molecule has 0 radical (unpaired) electrons. The second kappa shape index (κ2) is 9.41. The molecule has 2 aromatic carbocycles. The van der Waals surface area contributed by atoms with E-state index in [1.54, 1.807) is 23.1 Å². The minimum Gasteiger partial charge on any atom is -0.494 e. The van der Waals surface area contributed by atoms with Crippen molar-refractivity contribution < 1.29 is 17.9 Å². The van der Waals surface area contributed by atoms with Crippen molar-refractivity contribution >= 4 is 21.6 Å². The molecule has 0 fully saturated rings. The van der Waals surface area contributed by atoms with E-state index in [2.05, 4.69) is 4.72 Å². The number of hydrogen-bond acceptors (Lipinski definition) is 4. The first-order chi connectivity index (χ1) is 13.9. The first-order valence-electron chi connectivity index (χ1n) is 10.1. The minimum atomic E-state index is -3.57. The van der Waals surface area contributed by atoms with Gasteiger partial charge in [0.25, 0.3) is 0 Å². The zero-order valence-corrected chi connectivity index (χ0v) is 17.8. The Hall–Kier alpha value is -2.38. The van der Waals surface area contributed by atoms with E-state index in [9.17, 15) is 13.2 Å². The first-order valence-corrected chi connectivity index (χ1v) is 11.6. The van der Waals surface area contributed by atoms with Crippen LogP contribution < -0.4 is 14.4 Å². The van der Waals surface area contributed by atoms with Crippen LogP contribution in [-0.2, 0) is 27.7 Å². The summed E-state index contributed by atoms with van der Waals surface area (Å²) in [7, 11) is -3.57. The molecule has 6 nitrogen and oxygen atoms in total. The topological polar surface area (TPSA) is 75.7 Å². The molecule has 0 aliphatic carbocycles. The maximum absolute atomic E-state index is 12.6. The van der Waals surface area contributed by atoms with Crippen LogP contribution in [0.1, 0.15) is 37.8 Å². The fourth-order valence-electron chi connectivity index (χ4n) is 3.50. The van der Waals surface area contributed by atoms with Crippen molar-refractivity contribution in [2.24, 2.45) is 0 Å². The highest BCUT2D eigenvalue weighted by molar-refractivity contribution is 7.89. The minimum absolute atomic E-state index is 0.0618. The average molecular weight is 417 g/mol. The van der Waals surface area contributed by atoms with Gasteiger partial charge in [0.15, 0.2) is 0 Å². The van der Waals surface area contributed by atoms with E-state index >= 15 is 0 Å². The number of benzene rings is 2. The summed E-state index contributed by atoms with van der Waals surface area (Å²) < 4.78 is 33.4. The van der Waals surface area contributed by atoms with Crippen molar-refractivity contribution in [2.75, 3.05) is 24.6 Å².